The molecule has 0 spiro atoms. The molecule has 2 N–H and O–H groups in total. The summed E-state index contributed by atoms with van der Waals surface area (Å²) in [6.45, 7) is 4.46. The molecule has 7 nitrogen and oxygen atoms in total. The minimum absolute atomic E-state index is 0.126. The molecule has 0 aliphatic carbocycles. The van der Waals surface area contributed by atoms with Crippen LogP contribution in [0.25, 0.3) is 0 Å². The topological polar surface area (TPSA) is 92.9 Å². The molecule has 2 heterocycles. The molecular weight excluding hydrogens is 380 g/mol. The minimum atomic E-state index is -0.530. The first-order chi connectivity index (χ1) is 13.6. The predicted molar refractivity (Wildman–Crippen MR) is 106 cm³/mol. The van der Waals surface area contributed by atoms with Crippen molar-refractivity contribution in [3.05, 3.63) is 46.5 Å². The number of methoxy groups -OCH3 is 1. The summed E-state index contributed by atoms with van der Waals surface area (Å²) in [5.41, 5.74) is 7.70. The van der Waals surface area contributed by atoms with Crippen LogP contribution in [0.3, 0.4) is 0 Å². The number of carbonyl (C=O) groups is 1. The molecule has 1 aromatic heterocycles. The van der Waals surface area contributed by atoms with Crippen molar-refractivity contribution in [3.63, 3.8) is 0 Å². The van der Waals surface area contributed by atoms with E-state index in [2.05, 4.69) is 4.37 Å². The van der Waals surface area contributed by atoms with Gasteiger partial charge in [0.25, 0.3) is 0 Å². The lowest BCUT2D eigenvalue weighted by atomic mass is 10.0. The highest BCUT2D eigenvalue weighted by Crippen LogP contribution is 2.43. The summed E-state index contributed by atoms with van der Waals surface area (Å²) in [6, 6.07) is 9.91. The predicted octanol–water partition coefficient (Wildman–Crippen LogP) is 3.35. The van der Waals surface area contributed by atoms with Crippen LogP contribution in [0.5, 0.6) is 0 Å². The largest absolute Gasteiger partial charge is 0.461 e. The van der Waals surface area contributed by atoms with E-state index in [4.69, 9.17) is 24.7 Å². The van der Waals surface area contributed by atoms with E-state index in [1.807, 2.05) is 37.3 Å². The molecule has 1 aromatic carbocycles. The van der Waals surface area contributed by atoms with Crippen LogP contribution in [0.1, 0.15) is 47.3 Å². The maximum absolute atomic E-state index is 12.1. The lowest BCUT2D eigenvalue weighted by molar-refractivity contribution is -0.0584. The van der Waals surface area contributed by atoms with Crippen LogP contribution in [-0.2, 0) is 25.6 Å². The molecule has 1 aliphatic rings. The fourth-order valence-electron chi connectivity index (χ4n) is 3.36. The summed E-state index contributed by atoms with van der Waals surface area (Å²) in [5, 5.41) is 0. The Kier molecular flexibility index (Phi) is 7.01. The average molecular weight is 407 g/mol. The molecule has 1 fully saturated rings. The number of nitrogens with two attached hydrogens (primary N) is 1. The van der Waals surface area contributed by atoms with Gasteiger partial charge >= 0.3 is 5.97 Å². The molecule has 0 saturated carbocycles. The molecule has 0 bridgehead atoms. The van der Waals surface area contributed by atoms with Crippen LogP contribution in [0, 0.1) is 0 Å². The second kappa shape index (κ2) is 9.47. The molecule has 4 atom stereocenters. The van der Waals surface area contributed by atoms with Gasteiger partial charge in [-0.1, -0.05) is 37.3 Å². The number of carbonyl (C=O) groups excluding carboxylic acids is 1. The van der Waals surface area contributed by atoms with Gasteiger partial charge in [-0.25, -0.2) is 4.79 Å². The number of benzene rings is 1. The lowest BCUT2D eigenvalue weighted by Crippen LogP contribution is -2.34. The number of rotatable bonds is 8. The van der Waals surface area contributed by atoms with Crippen molar-refractivity contribution in [2.75, 3.05) is 19.5 Å². The van der Waals surface area contributed by atoms with Crippen molar-refractivity contribution < 1.29 is 23.7 Å². The van der Waals surface area contributed by atoms with Crippen molar-refractivity contribution in [1.29, 1.82) is 0 Å². The van der Waals surface area contributed by atoms with Crippen molar-refractivity contribution in [1.82, 2.24) is 4.37 Å². The molecule has 8 heteroatoms. The van der Waals surface area contributed by atoms with Crippen LogP contribution in [-0.4, -0.2) is 42.4 Å². The van der Waals surface area contributed by atoms with Gasteiger partial charge in [-0.3, -0.25) is 0 Å². The van der Waals surface area contributed by atoms with Gasteiger partial charge in [0.1, 0.15) is 18.3 Å². The van der Waals surface area contributed by atoms with Gasteiger partial charge in [-0.05, 0) is 30.4 Å². The fraction of sp³-hybridized carbons (Fsp3) is 0.500. The minimum Gasteiger partial charge on any atom is -0.461 e. The van der Waals surface area contributed by atoms with Gasteiger partial charge in [0.2, 0.25) is 0 Å². The Labute approximate surface area is 168 Å². The van der Waals surface area contributed by atoms with E-state index < -0.39 is 12.1 Å². The Morgan fingerprint density at radius 3 is 2.64 bits per heavy atom. The van der Waals surface area contributed by atoms with Crippen molar-refractivity contribution in [2.45, 2.75) is 51.3 Å². The molecule has 1 saturated heterocycles. The maximum Gasteiger partial charge on any atom is 0.360 e. The highest BCUT2D eigenvalue weighted by atomic mass is 32.1. The summed E-state index contributed by atoms with van der Waals surface area (Å²) in [6.07, 6.45) is -0.439. The number of nitrogens with zero attached hydrogens (tertiary/aromatic N) is 1. The number of hydrogen-bond donors (Lipinski definition) is 1. The summed E-state index contributed by atoms with van der Waals surface area (Å²) in [5.74, 6) is -0.530. The Morgan fingerprint density at radius 2 is 2.00 bits per heavy atom. The van der Waals surface area contributed by atoms with E-state index in [-0.39, 0.29) is 36.3 Å². The maximum atomic E-state index is 12.1. The molecule has 152 valence electrons. The van der Waals surface area contributed by atoms with E-state index in [9.17, 15) is 4.79 Å². The first kappa shape index (κ1) is 20.7. The van der Waals surface area contributed by atoms with Crippen LogP contribution in [0.4, 0.5) is 5.69 Å². The number of nitrogen functional groups attached to an aromatic ring is 1. The van der Waals surface area contributed by atoms with Gasteiger partial charge in [0.05, 0.1) is 29.9 Å². The normalized spacial score (nSPS) is 24.4. The van der Waals surface area contributed by atoms with Gasteiger partial charge < -0.3 is 24.7 Å². The zero-order valence-corrected chi connectivity index (χ0v) is 17.1. The van der Waals surface area contributed by atoms with Gasteiger partial charge in [-0.15, -0.1) is 0 Å². The summed E-state index contributed by atoms with van der Waals surface area (Å²) in [4.78, 5) is 12.7. The van der Waals surface area contributed by atoms with Crippen LogP contribution in [0.2, 0.25) is 0 Å². The number of anilines is 1. The van der Waals surface area contributed by atoms with Gasteiger partial charge in [-0.2, -0.15) is 4.37 Å². The second-order valence-electron chi connectivity index (χ2n) is 6.49. The second-order valence-corrected chi connectivity index (χ2v) is 7.30. The Bertz CT molecular complexity index is 782. The first-order valence-electron chi connectivity index (χ1n) is 9.36. The van der Waals surface area contributed by atoms with Crippen LogP contribution < -0.4 is 5.73 Å². The van der Waals surface area contributed by atoms with Crippen LogP contribution in [0.15, 0.2) is 30.3 Å². The van der Waals surface area contributed by atoms with Crippen molar-refractivity contribution >= 4 is 23.2 Å². The van der Waals surface area contributed by atoms with E-state index in [1.165, 1.54) is 0 Å². The number of esters is 1. The van der Waals surface area contributed by atoms with Gasteiger partial charge in [0, 0.05) is 7.11 Å². The Hall–Kier alpha value is -2.00. The third-order valence-electron chi connectivity index (χ3n) is 4.75. The zero-order valence-electron chi connectivity index (χ0n) is 16.3. The average Bonchev–Trinajstić information content (AvgIpc) is 3.26. The Balaban J connectivity index is 1.85. The molecule has 3 rings (SSSR count). The molecule has 2 aromatic rings. The summed E-state index contributed by atoms with van der Waals surface area (Å²) >= 11 is 1.14. The highest BCUT2D eigenvalue weighted by Gasteiger charge is 2.47. The SMILES string of the molecule is CCOC(=O)c1nsc([C@@H]2O[C@H](CC)[C@@H](OC)[C@H]2OCc2ccccc2)c1N. The molecule has 0 amide bonds. The zero-order chi connectivity index (χ0) is 20.1. The van der Waals surface area contributed by atoms with E-state index in [1.54, 1.807) is 14.0 Å². The number of hydrogen-bond acceptors (Lipinski definition) is 8. The van der Waals surface area contributed by atoms with E-state index >= 15 is 0 Å². The van der Waals surface area contributed by atoms with Gasteiger partial charge in [0.15, 0.2) is 5.69 Å². The molecule has 0 radical (unpaired) electrons. The summed E-state index contributed by atoms with van der Waals surface area (Å²) < 4.78 is 27.4. The standard InChI is InChI=1S/C20H26N2O5S/c1-4-13-16(24-3)17(26-11-12-9-7-6-8-10-12)18(27-13)19-14(21)15(22-28-19)20(23)25-5-2/h6-10,13,16-18H,4-5,11,21H2,1-3H3/t13-,16-,17-,18-/m1/s1. The third-order valence-corrected chi connectivity index (χ3v) is 5.68. The number of aromatic nitrogens is 1. The molecule has 0 unspecified atom stereocenters. The smallest absolute Gasteiger partial charge is 0.360 e. The molecular formula is C20H26N2O5S. The van der Waals surface area contributed by atoms with Crippen LogP contribution >= 0.6 is 11.5 Å². The van der Waals surface area contributed by atoms with Crippen molar-refractivity contribution in [3.8, 4) is 0 Å². The van der Waals surface area contributed by atoms with E-state index in [0.717, 1.165) is 23.5 Å². The van der Waals surface area contributed by atoms with Crippen molar-refractivity contribution in [2.24, 2.45) is 0 Å². The quantitative estimate of drug-likeness (QED) is 0.672. The molecule has 28 heavy (non-hydrogen) atoms. The third kappa shape index (κ3) is 4.20. The first-order valence-corrected chi connectivity index (χ1v) is 10.1. The Morgan fingerprint density at radius 1 is 1.25 bits per heavy atom. The highest BCUT2D eigenvalue weighted by molar-refractivity contribution is 7.06. The fourth-order valence-corrected chi connectivity index (χ4v) is 4.21. The molecule has 1 aliphatic heterocycles. The summed E-state index contributed by atoms with van der Waals surface area (Å²) in [7, 11) is 1.65. The van der Waals surface area contributed by atoms with E-state index in [0.29, 0.717) is 11.5 Å². The monoisotopic (exact) mass is 406 g/mol. The number of ether oxygens (including phenoxy) is 4. The lowest BCUT2D eigenvalue weighted by Gasteiger charge is -2.23.